The number of aromatic nitrogens is 2. The van der Waals surface area contributed by atoms with E-state index in [9.17, 15) is 9.59 Å². The summed E-state index contributed by atoms with van der Waals surface area (Å²) in [6, 6.07) is 7.47. The summed E-state index contributed by atoms with van der Waals surface area (Å²) in [5, 5.41) is 14.9. The molecular weight excluding hydrogens is 420 g/mol. The number of thiophene rings is 1. The summed E-state index contributed by atoms with van der Waals surface area (Å²) in [7, 11) is 0. The van der Waals surface area contributed by atoms with Crippen LogP contribution in [0, 0.1) is 0 Å². The third-order valence-corrected chi connectivity index (χ3v) is 6.89. The molecule has 3 amide bonds. The van der Waals surface area contributed by atoms with Crippen LogP contribution in [0.1, 0.15) is 25.7 Å². The molecule has 1 fully saturated rings. The Bertz CT molecular complexity index is 1010. The van der Waals surface area contributed by atoms with E-state index in [1.165, 1.54) is 11.3 Å². The number of hydrogen-bond donors (Lipinski definition) is 2. The van der Waals surface area contributed by atoms with Crippen LogP contribution >= 0.6 is 34.7 Å². The van der Waals surface area contributed by atoms with Gasteiger partial charge in [-0.1, -0.05) is 54.4 Å². The minimum atomic E-state index is -0.458. The van der Waals surface area contributed by atoms with Gasteiger partial charge in [0.1, 0.15) is 4.88 Å². The summed E-state index contributed by atoms with van der Waals surface area (Å²) in [6.07, 6.45) is 4.14. The zero-order valence-corrected chi connectivity index (χ0v) is 17.1. The van der Waals surface area contributed by atoms with Gasteiger partial charge in [-0.3, -0.25) is 10.1 Å². The fourth-order valence-electron chi connectivity index (χ4n) is 3.09. The first-order valence-corrected chi connectivity index (χ1v) is 11.0. The average Bonchev–Trinajstić information content (AvgIpc) is 3.41. The fourth-order valence-corrected chi connectivity index (χ4v) is 5.09. The first-order chi connectivity index (χ1) is 13.6. The lowest BCUT2D eigenvalue weighted by atomic mass is 10.2. The number of urea groups is 1. The normalized spacial score (nSPS) is 14.5. The van der Waals surface area contributed by atoms with Crippen LogP contribution in [0.2, 0.25) is 5.02 Å². The highest BCUT2D eigenvalue weighted by Gasteiger charge is 2.20. The first kappa shape index (κ1) is 19.2. The van der Waals surface area contributed by atoms with Crippen molar-refractivity contribution >= 4 is 56.7 Å². The van der Waals surface area contributed by atoms with Crippen molar-refractivity contribution in [3.05, 3.63) is 29.3 Å². The Kier molecular flexibility index (Phi) is 5.84. The van der Waals surface area contributed by atoms with Crippen LogP contribution in [0.25, 0.3) is 20.9 Å². The molecule has 2 N–H and O–H groups in total. The van der Waals surface area contributed by atoms with Gasteiger partial charge in [-0.05, 0) is 18.9 Å². The summed E-state index contributed by atoms with van der Waals surface area (Å²) < 4.78 is 6.66. The molecule has 3 aromatic rings. The lowest BCUT2D eigenvalue weighted by Gasteiger charge is -2.11. The van der Waals surface area contributed by atoms with E-state index in [1.807, 2.05) is 24.3 Å². The van der Waals surface area contributed by atoms with Gasteiger partial charge in [0.2, 0.25) is 5.91 Å². The van der Waals surface area contributed by atoms with Gasteiger partial charge in [-0.25, -0.2) is 4.79 Å². The topological polar surface area (TPSA) is 97.1 Å². The van der Waals surface area contributed by atoms with Crippen molar-refractivity contribution in [1.82, 2.24) is 20.8 Å². The number of rotatable bonds is 5. The monoisotopic (exact) mass is 436 g/mol. The van der Waals surface area contributed by atoms with Gasteiger partial charge in [0.05, 0.1) is 10.8 Å². The molecule has 146 valence electrons. The van der Waals surface area contributed by atoms with Gasteiger partial charge < -0.3 is 9.73 Å². The summed E-state index contributed by atoms with van der Waals surface area (Å²) >= 11 is 8.96. The maximum absolute atomic E-state index is 11.9. The van der Waals surface area contributed by atoms with Crippen LogP contribution < -0.4 is 10.6 Å². The van der Waals surface area contributed by atoms with E-state index in [-0.39, 0.29) is 17.0 Å². The second-order valence-corrected chi connectivity index (χ2v) is 8.76. The number of thioether (sulfide) groups is 1. The average molecular weight is 437 g/mol. The van der Waals surface area contributed by atoms with Crippen molar-refractivity contribution in [1.29, 1.82) is 0 Å². The summed E-state index contributed by atoms with van der Waals surface area (Å²) in [5.41, 5.74) is 0. The van der Waals surface area contributed by atoms with Crippen molar-refractivity contribution in [2.75, 3.05) is 5.75 Å². The van der Waals surface area contributed by atoms with Gasteiger partial charge in [0.25, 0.3) is 11.1 Å². The molecule has 7 nitrogen and oxygen atoms in total. The lowest BCUT2D eigenvalue weighted by Crippen LogP contribution is -2.44. The van der Waals surface area contributed by atoms with Gasteiger partial charge in [-0.2, -0.15) is 0 Å². The lowest BCUT2D eigenvalue weighted by molar-refractivity contribution is -0.117. The molecule has 0 spiro atoms. The van der Waals surface area contributed by atoms with E-state index < -0.39 is 11.9 Å². The quantitative estimate of drug-likeness (QED) is 0.573. The molecule has 2 aromatic heterocycles. The molecule has 1 aliphatic carbocycles. The zero-order valence-electron chi connectivity index (χ0n) is 14.7. The van der Waals surface area contributed by atoms with Crippen LogP contribution in [0.15, 0.2) is 33.9 Å². The van der Waals surface area contributed by atoms with Crippen molar-refractivity contribution in [3.8, 4) is 10.8 Å². The van der Waals surface area contributed by atoms with Crippen molar-refractivity contribution < 1.29 is 14.0 Å². The predicted octanol–water partition coefficient (Wildman–Crippen LogP) is 4.47. The number of carbonyl (C=O) groups excluding carboxylic acids is 2. The molecule has 28 heavy (non-hydrogen) atoms. The highest BCUT2D eigenvalue weighted by Crippen LogP contribution is 2.41. The summed E-state index contributed by atoms with van der Waals surface area (Å²) in [6.45, 7) is 0. The Hall–Kier alpha value is -2.10. The number of carbonyl (C=O) groups is 2. The number of halogens is 1. The maximum Gasteiger partial charge on any atom is 0.321 e. The fraction of sp³-hybridized carbons (Fsp3) is 0.333. The zero-order chi connectivity index (χ0) is 19.5. The molecule has 0 bridgehead atoms. The number of nitrogens with one attached hydrogen (secondary N) is 2. The Morgan fingerprint density at radius 2 is 2.04 bits per heavy atom. The van der Waals surface area contributed by atoms with Crippen molar-refractivity contribution in [2.45, 2.75) is 36.9 Å². The summed E-state index contributed by atoms with van der Waals surface area (Å²) in [4.78, 5) is 24.5. The van der Waals surface area contributed by atoms with Gasteiger partial charge >= 0.3 is 6.03 Å². The van der Waals surface area contributed by atoms with E-state index in [4.69, 9.17) is 16.0 Å². The Morgan fingerprint density at radius 3 is 2.82 bits per heavy atom. The standard InChI is InChI=1S/C18H17ClN4O3S2/c19-14-11-7-3-4-8-12(11)28-15(14)16-22-23-18(26-16)27-9-13(24)21-17(25)20-10-5-1-2-6-10/h3-4,7-8,10H,1-2,5-6,9H2,(H2,20,21,24,25). The maximum atomic E-state index is 11.9. The van der Waals surface area contributed by atoms with Crippen LogP contribution in [0.3, 0.4) is 0 Å². The molecule has 1 saturated carbocycles. The van der Waals surface area contributed by atoms with E-state index in [0.29, 0.717) is 15.8 Å². The minimum Gasteiger partial charge on any atom is -0.410 e. The van der Waals surface area contributed by atoms with Crippen LogP contribution in [0.5, 0.6) is 0 Å². The Morgan fingerprint density at radius 1 is 1.25 bits per heavy atom. The number of nitrogens with zero attached hydrogens (tertiary/aromatic N) is 2. The summed E-state index contributed by atoms with van der Waals surface area (Å²) in [5.74, 6) is -0.104. The first-order valence-electron chi connectivity index (χ1n) is 8.84. The van der Waals surface area contributed by atoms with Crippen LogP contribution in [-0.4, -0.2) is 33.9 Å². The number of hydrogen-bond acceptors (Lipinski definition) is 7. The van der Waals surface area contributed by atoms with Gasteiger partial charge in [0, 0.05) is 16.1 Å². The smallest absolute Gasteiger partial charge is 0.321 e. The van der Waals surface area contributed by atoms with Crippen molar-refractivity contribution in [3.63, 3.8) is 0 Å². The molecule has 1 aliphatic rings. The minimum absolute atomic E-state index is 0.000131. The van der Waals surface area contributed by atoms with E-state index in [1.54, 1.807) is 0 Å². The molecule has 10 heteroatoms. The SMILES string of the molecule is O=C(CSc1nnc(-c2sc3ccccc3c2Cl)o1)NC(=O)NC1CCCC1. The third kappa shape index (κ3) is 4.31. The Labute approximate surface area is 174 Å². The number of imide groups is 1. The number of fused-ring (bicyclic) bond motifs is 1. The number of benzene rings is 1. The van der Waals surface area contributed by atoms with E-state index in [2.05, 4.69) is 20.8 Å². The van der Waals surface area contributed by atoms with E-state index >= 15 is 0 Å². The molecule has 0 unspecified atom stereocenters. The highest BCUT2D eigenvalue weighted by molar-refractivity contribution is 7.99. The van der Waals surface area contributed by atoms with Gasteiger partial charge in [-0.15, -0.1) is 21.5 Å². The molecule has 4 rings (SSSR count). The molecule has 0 saturated heterocycles. The molecule has 0 atom stereocenters. The largest absolute Gasteiger partial charge is 0.410 e. The Balaban J connectivity index is 1.33. The van der Waals surface area contributed by atoms with Gasteiger partial charge in [0.15, 0.2) is 0 Å². The molecule has 1 aromatic carbocycles. The third-order valence-electron chi connectivity index (χ3n) is 4.41. The molecular formula is C18H17ClN4O3S2. The van der Waals surface area contributed by atoms with E-state index in [0.717, 1.165) is 47.5 Å². The second-order valence-electron chi connectivity index (χ2n) is 6.41. The number of amides is 3. The molecule has 0 aliphatic heterocycles. The molecule has 2 heterocycles. The molecule has 0 radical (unpaired) electrons. The van der Waals surface area contributed by atoms with Crippen LogP contribution in [0.4, 0.5) is 4.79 Å². The van der Waals surface area contributed by atoms with Crippen molar-refractivity contribution in [2.24, 2.45) is 0 Å². The van der Waals surface area contributed by atoms with Crippen LogP contribution in [-0.2, 0) is 4.79 Å². The highest BCUT2D eigenvalue weighted by atomic mass is 35.5. The second kappa shape index (κ2) is 8.50. The predicted molar refractivity (Wildman–Crippen MR) is 110 cm³/mol.